The summed E-state index contributed by atoms with van der Waals surface area (Å²) in [7, 11) is 0. The van der Waals surface area contributed by atoms with Crippen LogP contribution in [0.1, 0.15) is 5.89 Å². The van der Waals surface area contributed by atoms with E-state index < -0.39 is 0 Å². The van der Waals surface area contributed by atoms with Gasteiger partial charge in [0, 0.05) is 6.92 Å². The maximum atomic E-state index is 11.8. The molecule has 0 aliphatic rings. The third-order valence-electron chi connectivity index (χ3n) is 2.47. The Morgan fingerprint density at radius 3 is 2.90 bits per heavy atom. The molecular weight excluding hydrogens is 256 g/mol. The molecule has 102 valence electrons. The van der Waals surface area contributed by atoms with Crippen molar-refractivity contribution in [2.75, 3.05) is 18.4 Å². The molecule has 1 heterocycles. The Labute approximate surface area is 116 Å². The largest absolute Gasteiger partial charge is 0.421 e. The zero-order valence-electron chi connectivity index (χ0n) is 11.0. The number of hydrogen-bond donors (Lipinski definition) is 2. The number of rotatable bonds is 5. The molecule has 0 saturated carbocycles. The number of aromatic nitrogens is 2. The first-order chi connectivity index (χ1) is 9.70. The monoisotopic (exact) mass is 270 g/mol. The topological polar surface area (TPSA) is 80.0 Å². The smallest absolute Gasteiger partial charge is 0.249 e. The second-order valence-electron chi connectivity index (χ2n) is 4.03. The molecule has 0 unspecified atom stereocenters. The number of para-hydroxylation sites is 1. The minimum atomic E-state index is -0.191. The Bertz CT molecular complexity index is 643. The highest BCUT2D eigenvalue weighted by Crippen LogP contribution is 2.26. The van der Waals surface area contributed by atoms with Crippen LogP contribution < -0.4 is 10.6 Å². The van der Waals surface area contributed by atoms with Crippen LogP contribution in [0.2, 0.25) is 0 Å². The highest BCUT2D eigenvalue weighted by atomic mass is 16.4. The maximum Gasteiger partial charge on any atom is 0.249 e. The van der Waals surface area contributed by atoms with Crippen LogP contribution >= 0.6 is 0 Å². The van der Waals surface area contributed by atoms with Crippen molar-refractivity contribution in [3.8, 4) is 23.8 Å². The van der Waals surface area contributed by atoms with Crippen LogP contribution in [0, 0.1) is 19.3 Å². The maximum absolute atomic E-state index is 11.8. The normalized spacial score (nSPS) is 10.0. The number of amides is 1. The second kappa shape index (κ2) is 6.50. The van der Waals surface area contributed by atoms with Crippen LogP contribution in [-0.4, -0.2) is 29.2 Å². The van der Waals surface area contributed by atoms with E-state index in [0.717, 1.165) is 0 Å². The second-order valence-corrected chi connectivity index (χ2v) is 4.03. The zero-order valence-corrected chi connectivity index (χ0v) is 11.0. The molecule has 6 heteroatoms. The number of nitrogens with one attached hydrogen (secondary N) is 2. The lowest BCUT2D eigenvalue weighted by Gasteiger charge is -2.08. The van der Waals surface area contributed by atoms with E-state index in [9.17, 15) is 4.79 Å². The molecule has 1 amide bonds. The summed E-state index contributed by atoms with van der Waals surface area (Å²) in [4.78, 5) is 11.8. The highest BCUT2D eigenvalue weighted by molar-refractivity contribution is 5.95. The summed E-state index contributed by atoms with van der Waals surface area (Å²) in [6.07, 6.45) is 5.10. The first kappa shape index (κ1) is 13.8. The number of carbonyl (C=O) groups excluding carboxylic acids is 1. The molecule has 0 radical (unpaired) electrons. The molecule has 0 aliphatic carbocycles. The third-order valence-corrected chi connectivity index (χ3v) is 2.47. The standard InChI is InChI=1S/C14H14N4O2/c1-3-8-15-9-13(19)16-12-7-5-4-6-11(12)14-18-17-10(2)20-14/h1,4-7,15H,8-9H2,2H3,(H,16,19). The van der Waals surface area contributed by atoms with E-state index in [2.05, 4.69) is 26.8 Å². The minimum Gasteiger partial charge on any atom is -0.421 e. The van der Waals surface area contributed by atoms with Crippen molar-refractivity contribution in [1.29, 1.82) is 0 Å². The van der Waals surface area contributed by atoms with Crippen molar-refractivity contribution in [2.24, 2.45) is 0 Å². The minimum absolute atomic E-state index is 0.140. The van der Waals surface area contributed by atoms with Gasteiger partial charge in [0.15, 0.2) is 0 Å². The Hall–Kier alpha value is -2.65. The fraction of sp³-hybridized carbons (Fsp3) is 0.214. The lowest BCUT2D eigenvalue weighted by molar-refractivity contribution is -0.115. The lowest BCUT2D eigenvalue weighted by Crippen LogP contribution is -2.28. The van der Waals surface area contributed by atoms with Crippen molar-refractivity contribution in [1.82, 2.24) is 15.5 Å². The third kappa shape index (κ3) is 3.43. The van der Waals surface area contributed by atoms with Gasteiger partial charge in [-0.15, -0.1) is 16.6 Å². The van der Waals surface area contributed by atoms with Gasteiger partial charge in [0.1, 0.15) is 0 Å². The highest BCUT2D eigenvalue weighted by Gasteiger charge is 2.12. The molecule has 1 aromatic carbocycles. The van der Waals surface area contributed by atoms with Crippen LogP contribution in [0.25, 0.3) is 11.5 Å². The van der Waals surface area contributed by atoms with E-state index in [4.69, 9.17) is 10.8 Å². The van der Waals surface area contributed by atoms with E-state index in [1.165, 1.54) is 0 Å². The fourth-order valence-corrected chi connectivity index (χ4v) is 1.63. The molecule has 0 bridgehead atoms. The fourth-order valence-electron chi connectivity index (χ4n) is 1.63. The van der Waals surface area contributed by atoms with Crippen LogP contribution in [0.5, 0.6) is 0 Å². The number of carbonyl (C=O) groups is 1. The molecule has 0 aliphatic heterocycles. The SMILES string of the molecule is C#CCNCC(=O)Nc1ccccc1-c1nnc(C)o1. The number of benzene rings is 1. The van der Waals surface area contributed by atoms with Gasteiger partial charge in [0.05, 0.1) is 24.3 Å². The summed E-state index contributed by atoms with van der Waals surface area (Å²) in [5.41, 5.74) is 1.29. The Morgan fingerprint density at radius 2 is 2.20 bits per heavy atom. The summed E-state index contributed by atoms with van der Waals surface area (Å²) in [6.45, 7) is 2.20. The summed E-state index contributed by atoms with van der Waals surface area (Å²) < 4.78 is 5.37. The quantitative estimate of drug-likeness (QED) is 0.630. The average Bonchev–Trinajstić information content (AvgIpc) is 2.86. The molecular formula is C14H14N4O2. The number of anilines is 1. The predicted octanol–water partition coefficient (Wildman–Crippen LogP) is 1.21. The average molecular weight is 270 g/mol. The van der Waals surface area contributed by atoms with Crippen LogP contribution in [0.3, 0.4) is 0 Å². The van der Waals surface area contributed by atoms with Gasteiger partial charge in [-0.2, -0.15) is 0 Å². The van der Waals surface area contributed by atoms with E-state index >= 15 is 0 Å². The first-order valence-corrected chi connectivity index (χ1v) is 6.04. The van der Waals surface area contributed by atoms with Gasteiger partial charge >= 0.3 is 0 Å². The number of aryl methyl sites for hydroxylation is 1. The Balaban J connectivity index is 2.13. The molecule has 6 nitrogen and oxygen atoms in total. The van der Waals surface area contributed by atoms with Crippen LogP contribution in [0.4, 0.5) is 5.69 Å². The van der Waals surface area contributed by atoms with Crippen LogP contribution in [-0.2, 0) is 4.79 Å². The Kier molecular flexibility index (Phi) is 4.47. The molecule has 2 N–H and O–H groups in total. The summed E-state index contributed by atoms with van der Waals surface area (Å²) in [5, 5.41) is 13.3. The van der Waals surface area contributed by atoms with Crippen molar-refractivity contribution in [3.05, 3.63) is 30.2 Å². The molecule has 20 heavy (non-hydrogen) atoms. The van der Waals surface area contributed by atoms with E-state index in [1.807, 2.05) is 12.1 Å². The molecule has 0 spiro atoms. The van der Waals surface area contributed by atoms with Crippen molar-refractivity contribution < 1.29 is 9.21 Å². The van der Waals surface area contributed by atoms with Gasteiger partial charge in [-0.25, -0.2) is 0 Å². The van der Waals surface area contributed by atoms with Gasteiger partial charge in [-0.05, 0) is 12.1 Å². The molecule has 0 atom stereocenters. The molecule has 1 aromatic heterocycles. The number of nitrogens with zero attached hydrogens (tertiary/aromatic N) is 2. The predicted molar refractivity (Wildman–Crippen MR) is 74.8 cm³/mol. The van der Waals surface area contributed by atoms with E-state index in [1.54, 1.807) is 19.1 Å². The lowest BCUT2D eigenvalue weighted by atomic mass is 10.1. The Morgan fingerprint density at radius 1 is 1.40 bits per heavy atom. The zero-order chi connectivity index (χ0) is 14.4. The number of terminal acetylenes is 1. The van der Waals surface area contributed by atoms with E-state index in [0.29, 0.717) is 29.6 Å². The molecule has 0 fully saturated rings. The van der Waals surface area contributed by atoms with Gasteiger partial charge in [0.2, 0.25) is 17.7 Å². The molecule has 2 aromatic rings. The van der Waals surface area contributed by atoms with Crippen molar-refractivity contribution in [3.63, 3.8) is 0 Å². The first-order valence-electron chi connectivity index (χ1n) is 6.04. The summed E-state index contributed by atoms with van der Waals surface area (Å²) in [6, 6.07) is 7.23. The number of hydrogen-bond acceptors (Lipinski definition) is 5. The molecule has 0 saturated heterocycles. The summed E-state index contributed by atoms with van der Waals surface area (Å²) in [5.74, 6) is 3.05. The van der Waals surface area contributed by atoms with Gasteiger partial charge in [-0.3, -0.25) is 10.1 Å². The van der Waals surface area contributed by atoms with Crippen LogP contribution in [0.15, 0.2) is 28.7 Å². The van der Waals surface area contributed by atoms with Gasteiger partial charge in [0.25, 0.3) is 0 Å². The van der Waals surface area contributed by atoms with Gasteiger partial charge < -0.3 is 9.73 Å². The van der Waals surface area contributed by atoms with Crippen molar-refractivity contribution >= 4 is 11.6 Å². The van der Waals surface area contributed by atoms with E-state index in [-0.39, 0.29) is 12.5 Å². The van der Waals surface area contributed by atoms with Crippen molar-refractivity contribution in [2.45, 2.75) is 6.92 Å². The molecule has 2 rings (SSSR count). The van der Waals surface area contributed by atoms with Gasteiger partial charge in [-0.1, -0.05) is 18.1 Å². The summed E-state index contributed by atoms with van der Waals surface area (Å²) >= 11 is 0.